The molecule has 5 heteroatoms. The summed E-state index contributed by atoms with van der Waals surface area (Å²) in [5.41, 5.74) is 4.36. The summed E-state index contributed by atoms with van der Waals surface area (Å²) < 4.78 is 37.8. The normalized spacial score (nSPS) is 13.5. The maximum Gasteiger partial charge on any atom is 0.418 e. The molecule has 0 aliphatic heterocycles. The number of alkyl halides is 3. The monoisotopic (exact) mass is 243 g/mol. The third-order valence-corrected chi connectivity index (χ3v) is 2.57. The van der Waals surface area contributed by atoms with Crippen LogP contribution >= 0.6 is 0 Å². The zero-order chi connectivity index (χ0) is 13.2. The Kier molecular flexibility index (Phi) is 3.80. The van der Waals surface area contributed by atoms with Crippen molar-refractivity contribution in [2.75, 3.05) is 5.73 Å². The van der Waals surface area contributed by atoms with E-state index in [1.54, 1.807) is 0 Å². The number of hydrogen-bond donors (Lipinski definition) is 2. The Morgan fingerprint density at radius 2 is 2.06 bits per heavy atom. The molecule has 3 N–H and O–H groups in total. The van der Waals surface area contributed by atoms with Gasteiger partial charge >= 0.3 is 6.18 Å². The van der Waals surface area contributed by atoms with Crippen LogP contribution < -0.4 is 5.73 Å². The van der Waals surface area contributed by atoms with Crippen molar-refractivity contribution in [3.8, 4) is 0 Å². The molecule has 1 aromatic carbocycles. The first-order valence-electron chi connectivity index (χ1n) is 5.16. The molecule has 0 fully saturated rings. The topological polar surface area (TPSA) is 49.9 Å². The van der Waals surface area contributed by atoms with Gasteiger partial charge in [-0.05, 0) is 31.0 Å². The Morgan fingerprint density at radius 3 is 2.53 bits per heavy atom. The van der Waals surface area contributed by atoms with E-state index in [4.69, 9.17) is 11.1 Å². The quantitative estimate of drug-likeness (QED) is 0.619. The van der Waals surface area contributed by atoms with Crippen LogP contribution in [-0.2, 0) is 6.18 Å². The van der Waals surface area contributed by atoms with Crippen molar-refractivity contribution in [2.45, 2.75) is 19.5 Å². The van der Waals surface area contributed by atoms with Crippen molar-refractivity contribution < 1.29 is 13.2 Å². The van der Waals surface area contributed by atoms with Crippen molar-refractivity contribution in [3.63, 3.8) is 0 Å². The van der Waals surface area contributed by atoms with Gasteiger partial charge in [-0.2, -0.15) is 13.2 Å². The molecule has 0 aromatic heterocycles. The van der Waals surface area contributed by atoms with Crippen molar-refractivity contribution in [3.05, 3.63) is 36.2 Å². The predicted molar refractivity (Wildman–Crippen MR) is 61.8 cm³/mol. The Balaban J connectivity index is 3.18. The standard InChI is InChI=1S/C12H14F3N2/c1-3-7(2)11(17)8-4-5-10(16)9(6-8)12(13,14)15/h4-7,17H,2-3,16H2,1H3/t7-/m0/s1. The molecule has 0 unspecified atom stereocenters. The lowest BCUT2D eigenvalue weighted by Crippen LogP contribution is -2.14. The summed E-state index contributed by atoms with van der Waals surface area (Å²) in [6.45, 7) is 5.54. The Labute approximate surface area is 98.1 Å². The Hall–Kier alpha value is -1.52. The Morgan fingerprint density at radius 1 is 1.47 bits per heavy atom. The lowest BCUT2D eigenvalue weighted by molar-refractivity contribution is -0.136. The van der Waals surface area contributed by atoms with Gasteiger partial charge in [-0.3, -0.25) is 0 Å². The maximum atomic E-state index is 12.6. The number of nitrogens with two attached hydrogens (primary N) is 1. The van der Waals surface area contributed by atoms with Crippen LogP contribution in [0.5, 0.6) is 0 Å². The van der Waals surface area contributed by atoms with E-state index in [0.717, 1.165) is 6.07 Å². The molecular formula is C12H14F3N2. The van der Waals surface area contributed by atoms with Crippen LogP contribution in [0.3, 0.4) is 0 Å². The van der Waals surface area contributed by atoms with E-state index in [1.807, 2.05) is 6.92 Å². The minimum Gasteiger partial charge on any atom is -0.398 e. The number of nitrogen functional groups attached to an aromatic ring is 1. The zero-order valence-corrected chi connectivity index (χ0v) is 9.43. The molecule has 17 heavy (non-hydrogen) atoms. The van der Waals surface area contributed by atoms with Gasteiger partial charge in [0.1, 0.15) is 0 Å². The summed E-state index contributed by atoms with van der Waals surface area (Å²) >= 11 is 0. The highest BCUT2D eigenvalue weighted by molar-refractivity contribution is 6.00. The first-order chi connectivity index (χ1) is 7.77. The van der Waals surface area contributed by atoms with Crippen molar-refractivity contribution >= 4 is 11.4 Å². The van der Waals surface area contributed by atoms with Crippen molar-refractivity contribution in [2.24, 2.45) is 5.92 Å². The van der Waals surface area contributed by atoms with Crippen LogP contribution in [-0.4, -0.2) is 5.71 Å². The largest absolute Gasteiger partial charge is 0.418 e. The van der Waals surface area contributed by atoms with Crippen LogP contribution in [0.15, 0.2) is 18.2 Å². The van der Waals surface area contributed by atoms with Crippen LogP contribution in [0, 0.1) is 18.3 Å². The van der Waals surface area contributed by atoms with Crippen molar-refractivity contribution in [1.29, 1.82) is 5.41 Å². The molecule has 1 rings (SSSR count). The van der Waals surface area contributed by atoms with E-state index >= 15 is 0 Å². The van der Waals surface area contributed by atoms with Gasteiger partial charge in [0.05, 0.1) is 5.56 Å². The number of hydrogen-bond acceptors (Lipinski definition) is 2. The second kappa shape index (κ2) is 4.77. The minimum absolute atomic E-state index is 0.0954. The fourth-order valence-corrected chi connectivity index (χ4v) is 1.41. The SMILES string of the molecule is [CH2][C@@H](CC)C(=N)c1ccc(N)c(C(F)(F)F)c1. The highest BCUT2D eigenvalue weighted by atomic mass is 19.4. The zero-order valence-electron chi connectivity index (χ0n) is 9.43. The number of nitrogens with one attached hydrogen (secondary N) is 1. The highest BCUT2D eigenvalue weighted by Gasteiger charge is 2.33. The molecule has 1 aromatic rings. The highest BCUT2D eigenvalue weighted by Crippen LogP contribution is 2.34. The smallest absolute Gasteiger partial charge is 0.398 e. The molecule has 1 atom stereocenters. The fourth-order valence-electron chi connectivity index (χ4n) is 1.41. The molecule has 0 bridgehead atoms. The molecule has 93 valence electrons. The molecular weight excluding hydrogens is 229 g/mol. The van der Waals surface area contributed by atoms with Crippen molar-refractivity contribution in [1.82, 2.24) is 0 Å². The summed E-state index contributed by atoms with van der Waals surface area (Å²) in [6.07, 6.45) is -3.90. The molecule has 0 aliphatic rings. The van der Waals surface area contributed by atoms with Gasteiger partial charge in [0.2, 0.25) is 0 Å². The van der Waals surface area contributed by atoms with E-state index in [9.17, 15) is 13.2 Å². The third-order valence-electron chi connectivity index (χ3n) is 2.57. The lowest BCUT2D eigenvalue weighted by atomic mass is 9.94. The van der Waals surface area contributed by atoms with Crippen LogP contribution in [0.2, 0.25) is 0 Å². The van der Waals surface area contributed by atoms with Gasteiger partial charge in [-0.15, -0.1) is 0 Å². The van der Waals surface area contributed by atoms with Crippen LogP contribution in [0.4, 0.5) is 18.9 Å². The lowest BCUT2D eigenvalue weighted by Gasteiger charge is -2.15. The van der Waals surface area contributed by atoms with E-state index in [0.29, 0.717) is 6.42 Å². The number of rotatable bonds is 3. The summed E-state index contributed by atoms with van der Waals surface area (Å²) in [5.74, 6) is -0.320. The molecule has 0 saturated carbocycles. The molecule has 0 amide bonds. The van der Waals surface area contributed by atoms with Gasteiger partial charge in [-0.1, -0.05) is 13.0 Å². The average molecular weight is 243 g/mol. The second-order valence-corrected chi connectivity index (χ2v) is 3.82. The van der Waals surface area contributed by atoms with Gasteiger partial charge in [0.15, 0.2) is 0 Å². The van der Waals surface area contributed by atoms with E-state index < -0.39 is 11.7 Å². The van der Waals surface area contributed by atoms with Gasteiger partial charge < -0.3 is 11.1 Å². The molecule has 0 aliphatic carbocycles. The molecule has 2 nitrogen and oxygen atoms in total. The molecule has 0 heterocycles. The first-order valence-corrected chi connectivity index (χ1v) is 5.16. The van der Waals surface area contributed by atoms with Gasteiger partial charge in [0.25, 0.3) is 0 Å². The average Bonchev–Trinajstić information content (AvgIpc) is 2.26. The van der Waals surface area contributed by atoms with Gasteiger partial charge in [-0.25, -0.2) is 0 Å². The summed E-state index contributed by atoms with van der Waals surface area (Å²) in [7, 11) is 0. The molecule has 0 saturated heterocycles. The predicted octanol–water partition coefficient (Wildman–Crippen LogP) is 3.52. The minimum atomic E-state index is -4.50. The molecule has 1 radical (unpaired) electrons. The van der Waals surface area contributed by atoms with Crippen LogP contribution in [0.1, 0.15) is 24.5 Å². The summed E-state index contributed by atoms with van der Waals surface area (Å²) in [4.78, 5) is 0. The fraction of sp³-hybridized carbons (Fsp3) is 0.333. The maximum absolute atomic E-state index is 12.6. The number of anilines is 1. The Bertz CT molecular complexity index is 424. The number of benzene rings is 1. The van der Waals surface area contributed by atoms with Crippen LogP contribution in [0.25, 0.3) is 0 Å². The first kappa shape index (κ1) is 13.5. The van der Waals surface area contributed by atoms with Gasteiger partial charge in [0, 0.05) is 17.3 Å². The number of halogens is 3. The second-order valence-electron chi connectivity index (χ2n) is 3.82. The molecule has 0 spiro atoms. The van der Waals surface area contributed by atoms with E-state index in [2.05, 4.69) is 6.92 Å². The summed E-state index contributed by atoms with van der Waals surface area (Å²) in [6, 6.07) is 3.50. The summed E-state index contributed by atoms with van der Waals surface area (Å²) in [5, 5.41) is 7.74. The third kappa shape index (κ3) is 2.99. The van der Waals surface area contributed by atoms with E-state index in [1.165, 1.54) is 12.1 Å². The van der Waals surface area contributed by atoms with E-state index in [-0.39, 0.29) is 22.9 Å².